The number of piperazine rings is 1. The van der Waals surface area contributed by atoms with Crippen LogP contribution in [0.5, 0.6) is 0 Å². The summed E-state index contributed by atoms with van der Waals surface area (Å²) in [7, 11) is -3.93. The van der Waals surface area contributed by atoms with E-state index in [2.05, 4.69) is 26.5 Å². The van der Waals surface area contributed by atoms with Gasteiger partial charge in [-0.25, -0.2) is 37.1 Å². The normalized spacial score (nSPS) is 17.5. The molecule has 0 bridgehead atoms. The minimum atomic E-state index is -3.93. The Hall–Kier alpha value is -4.23. The van der Waals surface area contributed by atoms with Gasteiger partial charge in [-0.05, 0) is 61.6 Å². The summed E-state index contributed by atoms with van der Waals surface area (Å²) in [6.45, 7) is 6.38. The van der Waals surface area contributed by atoms with Crippen molar-refractivity contribution in [1.29, 1.82) is 0 Å². The molecule has 0 aromatic carbocycles. The maximum Gasteiger partial charge on any atom is 0.355 e. The fourth-order valence-electron chi connectivity index (χ4n) is 5.87. The van der Waals surface area contributed by atoms with Gasteiger partial charge in [0.1, 0.15) is 22.5 Å². The average Bonchev–Trinajstić information content (AvgIpc) is 2.95. The molecule has 0 radical (unpaired) electrons. The maximum absolute atomic E-state index is 16.0. The highest BCUT2D eigenvalue weighted by molar-refractivity contribution is 7.90. The van der Waals surface area contributed by atoms with E-state index in [4.69, 9.17) is 11.6 Å². The van der Waals surface area contributed by atoms with Gasteiger partial charge in [0.15, 0.2) is 20.5 Å². The van der Waals surface area contributed by atoms with Crippen LogP contribution in [-0.4, -0.2) is 75.7 Å². The number of sulfone groups is 1. The molecule has 1 amide bonds. The van der Waals surface area contributed by atoms with Crippen molar-refractivity contribution in [2.75, 3.05) is 30.8 Å². The van der Waals surface area contributed by atoms with Crippen LogP contribution in [-0.2, 0) is 14.6 Å². The smallest absolute Gasteiger partial charge is 0.350 e. The van der Waals surface area contributed by atoms with Gasteiger partial charge < -0.3 is 9.80 Å². The predicted molar refractivity (Wildman–Crippen MR) is 164 cm³/mol. The molecule has 1 aliphatic carbocycles. The molecule has 0 unspecified atom stereocenters. The van der Waals surface area contributed by atoms with Crippen LogP contribution in [0.25, 0.3) is 28.0 Å². The van der Waals surface area contributed by atoms with E-state index in [0.717, 1.165) is 30.1 Å². The lowest BCUT2D eigenvalue weighted by molar-refractivity contribution is -0.126. The summed E-state index contributed by atoms with van der Waals surface area (Å²) in [5, 5.41) is -0.104. The second-order valence-electron chi connectivity index (χ2n) is 11.1. The molecule has 1 saturated heterocycles. The fraction of sp³-hybridized carbons (Fsp3) is 0.333. The van der Waals surface area contributed by atoms with E-state index in [0.29, 0.717) is 25.2 Å². The number of nitrogens with zero attached hydrogens (tertiary/aromatic N) is 7. The topological polar surface area (TPSA) is 131 Å². The van der Waals surface area contributed by atoms with Gasteiger partial charge in [-0.15, -0.1) is 0 Å². The Labute approximate surface area is 258 Å². The van der Waals surface area contributed by atoms with Gasteiger partial charge in [-0.2, -0.15) is 4.98 Å². The van der Waals surface area contributed by atoms with Gasteiger partial charge >= 0.3 is 5.69 Å². The van der Waals surface area contributed by atoms with Crippen LogP contribution in [0.2, 0.25) is 5.15 Å². The van der Waals surface area contributed by atoms with E-state index >= 15 is 4.39 Å². The number of hydrogen-bond acceptors (Lipinski definition) is 9. The number of carbonyl (C=O) groups excluding carboxylic acids is 1. The molecule has 14 heteroatoms. The molecule has 44 heavy (non-hydrogen) atoms. The minimum Gasteiger partial charge on any atom is -0.350 e. The van der Waals surface area contributed by atoms with Gasteiger partial charge in [-0.1, -0.05) is 24.6 Å². The highest BCUT2D eigenvalue weighted by Crippen LogP contribution is 2.41. The van der Waals surface area contributed by atoms with Crippen molar-refractivity contribution in [1.82, 2.24) is 29.4 Å². The largest absolute Gasteiger partial charge is 0.355 e. The molecule has 11 nitrogen and oxygen atoms in total. The Morgan fingerprint density at radius 2 is 1.93 bits per heavy atom. The van der Waals surface area contributed by atoms with Crippen molar-refractivity contribution in [2.24, 2.45) is 0 Å². The average molecular weight is 638 g/mol. The third-order valence-corrected chi connectivity index (χ3v) is 9.55. The Morgan fingerprint density at radius 1 is 1.16 bits per heavy atom. The van der Waals surface area contributed by atoms with Crippen LogP contribution in [0, 0.1) is 5.82 Å². The summed E-state index contributed by atoms with van der Waals surface area (Å²) in [4.78, 5) is 47.2. The van der Waals surface area contributed by atoms with Gasteiger partial charge in [0, 0.05) is 49.9 Å². The Kier molecular flexibility index (Phi) is 7.70. The molecule has 1 atom stereocenters. The summed E-state index contributed by atoms with van der Waals surface area (Å²) in [6.07, 6.45) is 7.72. The Balaban J connectivity index is 1.67. The summed E-state index contributed by atoms with van der Waals surface area (Å²) in [5.41, 5.74) is -0.0844. The molecule has 6 rings (SSSR count). The molecule has 4 aromatic heterocycles. The number of halogens is 2. The predicted octanol–water partition coefficient (Wildman–Crippen LogP) is 3.92. The van der Waals surface area contributed by atoms with Crippen LogP contribution in [0.15, 0.2) is 59.1 Å². The Bertz CT molecular complexity index is 2000. The zero-order chi connectivity index (χ0) is 31.3. The molecule has 0 spiro atoms. The molecule has 5 heterocycles. The molecular formula is C30H29ClFN7O4S. The van der Waals surface area contributed by atoms with Crippen molar-refractivity contribution in [2.45, 2.75) is 43.2 Å². The highest BCUT2D eigenvalue weighted by atomic mass is 35.5. The first-order chi connectivity index (χ1) is 21.0. The minimum absolute atomic E-state index is 0.00156. The molecule has 0 N–H and O–H groups in total. The zero-order valence-electron chi connectivity index (χ0n) is 24.1. The van der Waals surface area contributed by atoms with Crippen LogP contribution < -0.4 is 10.6 Å². The lowest BCUT2D eigenvalue weighted by Gasteiger charge is -2.40. The van der Waals surface area contributed by atoms with Crippen molar-refractivity contribution in [3.8, 4) is 16.9 Å². The summed E-state index contributed by atoms with van der Waals surface area (Å²) < 4.78 is 43.2. The van der Waals surface area contributed by atoms with E-state index in [-0.39, 0.29) is 61.8 Å². The third kappa shape index (κ3) is 5.13. The van der Waals surface area contributed by atoms with Gasteiger partial charge in [-0.3, -0.25) is 4.79 Å². The lowest BCUT2D eigenvalue weighted by Crippen LogP contribution is -2.54. The number of carbonyl (C=O) groups is 1. The molecule has 228 valence electrons. The fourth-order valence-corrected chi connectivity index (χ4v) is 6.89. The molecular weight excluding hydrogens is 609 g/mol. The van der Waals surface area contributed by atoms with Crippen LogP contribution in [0.1, 0.15) is 37.7 Å². The van der Waals surface area contributed by atoms with Crippen LogP contribution in [0.4, 0.5) is 10.2 Å². The third-order valence-electron chi connectivity index (χ3n) is 8.24. The quantitative estimate of drug-likeness (QED) is 0.228. The maximum atomic E-state index is 16.0. The number of fused-ring (bicyclic) bond motifs is 1. The number of rotatable bonds is 6. The lowest BCUT2D eigenvalue weighted by atomic mass is 9.79. The summed E-state index contributed by atoms with van der Waals surface area (Å²) in [5.74, 6) is -0.783. The van der Waals surface area contributed by atoms with E-state index < -0.39 is 21.3 Å². The van der Waals surface area contributed by atoms with Crippen molar-refractivity contribution >= 4 is 44.2 Å². The SMILES string of the molecule is C=CC(=O)N1CCN(c2nc(=O)n(-c3c(C4CCC4)ccnc3S(C)(=O)=O)c3nc(-c4cccnc4Cl)c(F)cc23)[C@@H](C)C1. The van der Waals surface area contributed by atoms with E-state index in [1.54, 1.807) is 23.1 Å². The first-order valence-corrected chi connectivity index (χ1v) is 16.4. The monoisotopic (exact) mass is 637 g/mol. The first kappa shape index (κ1) is 29.8. The van der Waals surface area contributed by atoms with Gasteiger partial charge in [0.25, 0.3) is 0 Å². The number of amides is 1. The first-order valence-electron chi connectivity index (χ1n) is 14.1. The number of hydrogen-bond donors (Lipinski definition) is 0. The summed E-state index contributed by atoms with van der Waals surface area (Å²) in [6, 6.07) is 5.78. The highest BCUT2D eigenvalue weighted by Gasteiger charge is 2.33. The van der Waals surface area contributed by atoms with Gasteiger partial charge in [0.05, 0.1) is 11.1 Å². The van der Waals surface area contributed by atoms with Crippen molar-refractivity contribution < 1.29 is 17.6 Å². The number of pyridine rings is 3. The van der Waals surface area contributed by atoms with Gasteiger partial charge in [0.2, 0.25) is 5.91 Å². The van der Waals surface area contributed by atoms with E-state index in [1.807, 2.05) is 11.8 Å². The van der Waals surface area contributed by atoms with Crippen molar-refractivity contribution in [3.05, 3.63) is 76.3 Å². The summed E-state index contributed by atoms with van der Waals surface area (Å²) >= 11 is 6.34. The molecule has 4 aromatic rings. The molecule has 1 aliphatic heterocycles. The van der Waals surface area contributed by atoms with E-state index in [1.165, 1.54) is 24.5 Å². The standard InChI is InChI=1S/C30H29ClFN7O4S/c1-4-23(40)37-13-14-38(17(2)16-37)27-21-15-22(32)24(20-9-6-11-33-26(20)31)35-28(21)39(30(41)36-27)25-19(18-7-5-8-18)10-12-34-29(25)44(3,42)43/h4,6,9-12,15,17-18H,1,5,7-8,13-14,16H2,2-3H3/t17-/m0/s1. The number of aromatic nitrogens is 5. The molecule has 2 fully saturated rings. The second kappa shape index (κ2) is 11.4. The van der Waals surface area contributed by atoms with Crippen LogP contribution in [0.3, 0.4) is 0 Å². The van der Waals surface area contributed by atoms with E-state index in [9.17, 15) is 18.0 Å². The molecule has 2 aliphatic rings. The van der Waals surface area contributed by atoms with Crippen molar-refractivity contribution in [3.63, 3.8) is 0 Å². The molecule has 1 saturated carbocycles. The van der Waals surface area contributed by atoms with Crippen LogP contribution >= 0.6 is 11.6 Å². The number of anilines is 1. The zero-order valence-corrected chi connectivity index (χ0v) is 25.6. The second-order valence-corrected chi connectivity index (χ2v) is 13.4. The Morgan fingerprint density at radius 3 is 2.57 bits per heavy atom.